The zero-order valence-electron chi connectivity index (χ0n) is 10.1. The summed E-state index contributed by atoms with van der Waals surface area (Å²) in [5.74, 6) is -0.0150. The lowest BCUT2D eigenvalue weighted by molar-refractivity contribution is -0.123. The SMILES string of the molecule is CC(C)(C)C(=O)Nc1cnccc1CCN. The van der Waals surface area contributed by atoms with Gasteiger partial charge in [0, 0.05) is 11.6 Å². The maximum Gasteiger partial charge on any atom is 0.229 e. The van der Waals surface area contributed by atoms with Crippen molar-refractivity contribution in [2.24, 2.45) is 11.1 Å². The Labute approximate surface area is 96.3 Å². The number of anilines is 1. The highest BCUT2D eigenvalue weighted by atomic mass is 16.2. The fourth-order valence-corrected chi connectivity index (χ4v) is 1.22. The fourth-order valence-electron chi connectivity index (χ4n) is 1.22. The van der Waals surface area contributed by atoms with Crippen molar-refractivity contribution in [3.63, 3.8) is 0 Å². The van der Waals surface area contributed by atoms with Gasteiger partial charge in [-0.05, 0) is 24.6 Å². The van der Waals surface area contributed by atoms with Gasteiger partial charge in [0.15, 0.2) is 0 Å². The summed E-state index contributed by atoms with van der Waals surface area (Å²) in [5.41, 5.74) is 6.89. The zero-order chi connectivity index (χ0) is 12.2. The second-order valence-corrected chi connectivity index (χ2v) is 4.78. The van der Waals surface area contributed by atoms with Crippen LogP contribution >= 0.6 is 0 Å². The number of hydrogen-bond donors (Lipinski definition) is 2. The lowest BCUT2D eigenvalue weighted by Crippen LogP contribution is -2.28. The minimum absolute atomic E-state index is 0.0150. The summed E-state index contributed by atoms with van der Waals surface area (Å²) in [7, 11) is 0. The molecule has 0 atom stereocenters. The molecule has 88 valence electrons. The molecule has 1 rings (SSSR count). The number of rotatable bonds is 3. The largest absolute Gasteiger partial charge is 0.330 e. The maximum absolute atomic E-state index is 11.8. The second kappa shape index (κ2) is 5.07. The van der Waals surface area contributed by atoms with E-state index in [1.807, 2.05) is 26.8 Å². The van der Waals surface area contributed by atoms with E-state index in [9.17, 15) is 4.79 Å². The van der Waals surface area contributed by atoms with E-state index in [-0.39, 0.29) is 5.91 Å². The molecule has 3 N–H and O–H groups in total. The minimum atomic E-state index is -0.407. The average Bonchev–Trinajstić information content (AvgIpc) is 2.20. The molecular formula is C12H19N3O. The first-order chi connectivity index (χ1) is 7.45. The number of carbonyl (C=O) groups excluding carboxylic acids is 1. The van der Waals surface area contributed by atoms with Crippen LogP contribution in [0.15, 0.2) is 18.5 Å². The van der Waals surface area contributed by atoms with Gasteiger partial charge in [0.25, 0.3) is 0 Å². The normalized spacial score (nSPS) is 11.2. The molecule has 0 saturated heterocycles. The zero-order valence-corrected chi connectivity index (χ0v) is 10.1. The second-order valence-electron chi connectivity index (χ2n) is 4.78. The summed E-state index contributed by atoms with van der Waals surface area (Å²) in [6.45, 7) is 6.19. The first-order valence-electron chi connectivity index (χ1n) is 5.39. The Kier molecular flexibility index (Phi) is 4.01. The lowest BCUT2D eigenvalue weighted by atomic mass is 9.95. The highest BCUT2D eigenvalue weighted by Crippen LogP contribution is 2.19. The Morgan fingerprint density at radius 1 is 1.50 bits per heavy atom. The number of carbonyl (C=O) groups is 1. The molecule has 1 amide bonds. The van der Waals surface area contributed by atoms with Crippen molar-refractivity contribution in [2.45, 2.75) is 27.2 Å². The van der Waals surface area contributed by atoms with Crippen molar-refractivity contribution < 1.29 is 4.79 Å². The van der Waals surface area contributed by atoms with Gasteiger partial charge in [0.1, 0.15) is 0 Å². The van der Waals surface area contributed by atoms with Gasteiger partial charge in [0.2, 0.25) is 5.91 Å². The molecule has 0 aliphatic heterocycles. The van der Waals surface area contributed by atoms with Gasteiger partial charge in [-0.1, -0.05) is 20.8 Å². The molecule has 0 fully saturated rings. The monoisotopic (exact) mass is 221 g/mol. The molecule has 1 heterocycles. The van der Waals surface area contributed by atoms with E-state index < -0.39 is 5.41 Å². The van der Waals surface area contributed by atoms with E-state index in [1.165, 1.54) is 0 Å². The van der Waals surface area contributed by atoms with Gasteiger partial charge in [-0.25, -0.2) is 0 Å². The third-order valence-corrected chi connectivity index (χ3v) is 2.25. The van der Waals surface area contributed by atoms with Crippen LogP contribution in [0.2, 0.25) is 0 Å². The highest BCUT2D eigenvalue weighted by molar-refractivity contribution is 5.94. The Morgan fingerprint density at radius 3 is 2.75 bits per heavy atom. The molecule has 0 spiro atoms. The predicted octanol–water partition coefficient (Wildman–Crippen LogP) is 1.57. The number of nitrogens with zero attached hydrogens (tertiary/aromatic N) is 1. The summed E-state index contributed by atoms with van der Waals surface area (Å²) < 4.78 is 0. The highest BCUT2D eigenvalue weighted by Gasteiger charge is 2.21. The summed E-state index contributed by atoms with van der Waals surface area (Å²) in [5, 5.41) is 2.88. The lowest BCUT2D eigenvalue weighted by Gasteiger charge is -2.18. The van der Waals surface area contributed by atoms with Gasteiger partial charge in [0.05, 0.1) is 11.9 Å². The molecule has 1 aromatic heterocycles. The van der Waals surface area contributed by atoms with Crippen molar-refractivity contribution in [1.29, 1.82) is 0 Å². The van der Waals surface area contributed by atoms with E-state index >= 15 is 0 Å². The Hall–Kier alpha value is -1.42. The van der Waals surface area contributed by atoms with Crippen LogP contribution in [0.3, 0.4) is 0 Å². The smallest absolute Gasteiger partial charge is 0.229 e. The molecule has 16 heavy (non-hydrogen) atoms. The molecule has 0 aliphatic carbocycles. The van der Waals surface area contributed by atoms with Crippen molar-refractivity contribution in [1.82, 2.24) is 4.98 Å². The predicted molar refractivity (Wildman–Crippen MR) is 65.1 cm³/mol. The van der Waals surface area contributed by atoms with Crippen LogP contribution in [0.25, 0.3) is 0 Å². The first-order valence-corrected chi connectivity index (χ1v) is 5.39. The maximum atomic E-state index is 11.8. The fraction of sp³-hybridized carbons (Fsp3) is 0.500. The molecule has 1 aromatic rings. The molecule has 0 aliphatic rings. The molecule has 4 heteroatoms. The Morgan fingerprint density at radius 2 is 2.19 bits per heavy atom. The van der Waals surface area contributed by atoms with Gasteiger partial charge in [-0.2, -0.15) is 0 Å². The van der Waals surface area contributed by atoms with Crippen molar-refractivity contribution >= 4 is 11.6 Å². The quantitative estimate of drug-likeness (QED) is 0.814. The van der Waals surface area contributed by atoms with Crippen LogP contribution in [0.4, 0.5) is 5.69 Å². The van der Waals surface area contributed by atoms with Crippen LogP contribution in [0.5, 0.6) is 0 Å². The number of nitrogens with two attached hydrogens (primary N) is 1. The van der Waals surface area contributed by atoms with Crippen molar-refractivity contribution in [2.75, 3.05) is 11.9 Å². The van der Waals surface area contributed by atoms with Crippen LogP contribution in [0.1, 0.15) is 26.3 Å². The average molecular weight is 221 g/mol. The van der Waals surface area contributed by atoms with Crippen molar-refractivity contribution in [3.8, 4) is 0 Å². The van der Waals surface area contributed by atoms with E-state index in [0.29, 0.717) is 6.54 Å². The molecule has 0 unspecified atom stereocenters. The van der Waals surface area contributed by atoms with Gasteiger partial charge in [-0.3, -0.25) is 9.78 Å². The summed E-state index contributed by atoms with van der Waals surface area (Å²) in [6.07, 6.45) is 4.11. The van der Waals surface area contributed by atoms with E-state index in [0.717, 1.165) is 17.7 Å². The topological polar surface area (TPSA) is 68.0 Å². The van der Waals surface area contributed by atoms with Gasteiger partial charge in [-0.15, -0.1) is 0 Å². The van der Waals surface area contributed by atoms with Crippen LogP contribution in [0, 0.1) is 5.41 Å². The molecule has 0 radical (unpaired) electrons. The minimum Gasteiger partial charge on any atom is -0.330 e. The molecule has 4 nitrogen and oxygen atoms in total. The number of hydrogen-bond acceptors (Lipinski definition) is 3. The number of pyridine rings is 1. The van der Waals surface area contributed by atoms with Gasteiger partial charge < -0.3 is 11.1 Å². The summed E-state index contributed by atoms with van der Waals surface area (Å²) >= 11 is 0. The number of amides is 1. The van der Waals surface area contributed by atoms with Crippen LogP contribution in [-0.2, 0) is 11.2 Å². The molecule has 0 aromatic carbocycles. The Balaban J connectivity index is 2.84. The van der Waals surface area contributed by atoms with Crippen LogP contribution < -0.4 is 11.1 Å². The first kappa shape index (κ1) is 12.6. The third kappa shape index (κ3) is 3.31. The van der Waals surface area contributed by atoms with Crippen molar-refractivity contribution in [3.05, 3.63) is 24.0 Å². The number of aromatic nitrogens is 1. The third-order valence-electron chi connectivity index (χ3n) is 2.25. The molecule has 0 bridgehead atoms. The number of nitrogens with one attached hydrogen (secondary N) is 1. The molecule has 0 saturated carbocycles. The summed E-state index contributed by atoms with van der Waals surface area (Å²) in [4.78, 5) is 15.8. The Bertz CT molecular complexity index is 369. The van der Waals surface area contributed by atoms with E-state index in [4.69, 9.17) is 5.73 Å². The van der Waals surface area contributed by atoms with Crippen LogP contribution in [-0.4, -0.2) is 17.4 Å². The van der Waals surface area contributed by atoms with E-state index in [1.54, 1.807) is 12.4 Å². The standard InChI is InChI=1S/C12H19N3O/c1-12(2,3)11(16)15-10-8-14-7-5-9(10)4-6-13/h5,7-8H,4,6,13H2,1-3H3,(H,15,16). The van der Waals surface area contributed by atoms with E-state index in [2.05, 4.69) is 10.3 Å². The molecular weight excluding hydrogens is 202 g/mol. The van der Waals surface area contributed by atoms with Gasteiger partial charge >= 0.3 is 0 Å². The summed E-state index contributed by atoms with van der Waals surface area (Å²) in [6, 6.07) is 1.88.